The van der Waals surface area contributed by atoms with Crippen LogP contribution in [0.5, 0.6) is 0 Å². The van der Waals surface area contributed by atoms with E-state index in [0.717, 1.165) is 54.9 Å². The maximum atomic E-state index is 9.45. The van der Waals surface area contributed by atoms with E-state index in [1.807, 2.05) is 42.5 Å². The second-order valence-corrected chi connectivity index (χ2v) is 13.2. The third-order valence-corrected chi connectivity index (χ3v) is 10.0. The lowest BCUT2D eigenvalue weighted by Crippen LogP contribution is -2.09. The monoisotopic (exact) mass is 710 g/mol. The maximum Gasteiger partial charge on any atom is 0.0645 e. The molecule has 0 heterocycles. The number of hydrogen-bond donors (Lipinski definition) is 0. The molecule has 1 nitrogen and oxygen atoms in total. The van der Waals surface area contributed by atoms with Crippen molar-refractivity contribution in [3.63, 3.8) is 0 Å². The van der Waals surface area contributed by atoms with Crippen molar-refractivity contribution in [1.29, 1.82) is 0 Å². The lowest BCUT2D eigenvalue weighted by molar-refractivity contribution is 1.28. The number of benzene rings is 10. The number of anilines is 3. The van der Waals surface area contributed by atoms with Gasteiger partial charge in [0.05, 0.1) is 15.1 Å². The van der Waals surface area contributed by atoms with Crippen LogP contribution in [0.1, 0.15) is 15.1 Å². The summed E-state index contributed by atoms with van der Waals surface area (Å²) in [6.07, 6.45) is 0. The molecule has 0 amide bonds. The first-order chi connectivity index (χ1) is 31.9. The van der Waals surface area contributed by atoms with E-state index in [2.05, 4.69) is 91.0 Å². The van der Waals surface area contributed by atoms with Crippen molar-refractivity contribution >= 4 is 49.4 Å². The summed E-state index contributed by atoms with van der Waals surface area (Å²) in [6, 6.07) is 46.0. The molecule has 0 saturated heterocycles. The highest BCUT2D eigenvalue weighted by molar-refractivity contribution is 6.22. The van der Waals surface area contributed by atoms with Gasteiger partial charge in [0.1, 0.15) is 0 Å². The molecule has 0 aromatic heterocycles. The van der Waals surface area contributed by atoms with Gasteiger partial charge >= 0.3 is 0 Å². The molecule has 0 aliphatic rings. The topological polar surface area (TPSA) is 3.24 Å². The van der Waals surface area contributed by atoms with Crippen LogP contribution in [-0.4, -0.2) is 0 Å². The third kappa shape index (κ3) is 5.93. The Labute approximate surface area is 337 Å². The highest BCUT2D eigenvalue weighted by Crippen LogP contribution is 2.46. The first-order valence-corrected chi connectivity index (χ1v) is 18.0. The molecule has 0 aliphatic carbocycles. The van der Waals surface area contributed by atoms with Gasteiger partial charge in [-0.05, 0) is 119 Å². The van der Waals surface area contributed by atoms with Gasteiger partial charge in [0.15, 0.2) is 0 Å². The summed E-state index contributed by atoms with van der Waals surface area (Å²) in [5, 5.41) is 3.85. The summed E-state index contributed by atoms with van der Waals surface area (Å²) in [7, 11) is 0. The van der Waals surface area contributed by atoms with Crippen LogP contribution in [-0.2, 0) is 0 Å². The molecule has 258 valence electrons. The molecule has 0 spiro atoms. The Morgan fingerprint density at radius 1 is 0.309 bits per heavy atom. The zero-order valence-corrected chi connectivity index (χ0v) is 29.5. The predicted octanol–water partition coefficient (Wildman–Crippen LogP) is 15.3. The largest absolute Gasteiger partial charge is 0.311 e. The van der Waals surface area contributed by atoms with Gasteiger partial charge in [-0.25, -0.2) is 0 Å². The summed E-state index contributed by atoms with van der Waals surface area (Å²) < 4.78 is 97.6. The van der Waals surface area contributed by atoms with Crippen LogP contribution in [0.3, 0.4) is 0 Å². The summed E-state index contributed by atoms with van der Waals surface area (Å²) in [5.74, 6) is 0. The molecule has 0 bridgehead atoms. The van der Waals surface area contributed by atoms with Crippen LogP contribution >= 0.6 is 0 Å². The van der Waals surface area contributed by atoms with Gasteiger partial charge in [0.25, 0.3) is 0 Å². The summed E-state index contributed by atoms with van der Waals surface area (Å²) in [4.78, 5) is 1.63. The minimum Gasteiger partial charge on any atom is -0.311 e. The Bertz CT molecular complexity index is 3540. The Kier molecular flexibility index (Phi) is 5.78. The van der Waals surface area contributed by atoms with Crippen molar-refractivity contribution in [3.8, 4) is 44.5 Å². The minimum atomic E-state index is -0.665. The molecule has 0 atom stereocenters. The van der Waals surface area contributed by atoms with Crippen molar-refractivity contribution in [2.24, 2.45) is 0 Å². The third-order valence-electron chi connectivity index (χ3n) is 10.0. The van der Waals surface area contributed by atoms with Gasteiger partial charge in [0.2, 0.25) is 0 Å². The Hall–Kier alpha value is -7.22. The zero-order valence-electron chi connectivity index (χ0n) is 40.5. The molecule has 0 radical (unpaired) electrons. The fourth-order valence-corrected chi connectivity index (χ4v) is 7.51. The van der Waals surface area contributed by atoms with Crippen molar-refractivity contribution in [1.82, 2.24) is 0 Å². The number of hydrogen-bond acceptors (Lipinski definition) is 1. The molecule has 1 heteroatoms. The molecule has 55 heavy (non-hydrogen) atoms. The van der Waals surface area contributed by atoms with E-state index in [1.54, 1.807) is 29.2 Å². The average Bonchev–Trinajstić information content (AvgIpc) is 3.35. The van der Waals surface area contributed by atoms with Crippen molar-refractivity contribution in [2.75, 3.05) is 4.90 Å². The van der Waals surface area contributed by atoms with Crippen molar-refractivity contribution in [2.45, 2.75) is 0 Å². The highest BCUT2D eigenvalue weighted by Gasteiger charge is 2.19. The van der Waals surface area contributed by atoms with Crippen molar-refractivity contribution < 1.29 is 15.1 Å². The van der Waals surface area contributed by atoms with E-state index in [0.29, 0.717) is 11.4 Å². The molecular formula is C54H37N. The van der Waals surface area contributed by atoms with Gasteiger partial charge < -0.3 is 4.90 Å². The molecule has 10 aromatic carbocycles. The average molecular weight is 711 g/mol. The summed E-state index contributed by atoms with van der Waals surface area (Å²) in [6.45, 7) is 0. The smallest absolute Gasteiger partial charge is 0.0645 e. The van der Waals surface area contributed by atoms with Crippen LogP contribution < -0.4 is 4.90 Å². The molecule has 0 N–H and O–H groups in total. The minimum absolute atomic E-state index is 0.0906. The Morgan fingerprint density at radius 3 is 1.56 bits per heavy atom. The quantitative estimate of drug-likeness (QED) is 0.149. The standard InChI is InChI=1S/C54H37N/c1-4-16-41(17-5-1)53-51-25-13-12-24-49(51)50-36-31-43(37-52(50)54(53)42-18-6-2-7-19-42)38-27-32-45(33-28-38)55(44-21-8-3-9-22-44)46-34-29-40(30-35-46)48-26-14-20-39-15-10-11-23-47(39)48/h1-37H/i10D,11D,14D,15D,20D,23D,26D,29D,30D,34D,35D. The molecule has 10 rings (SSSR count). The van der Waals surface area contributed by atoms with Crippen LogP contribution in [0, 0.1) is 0 Å². The highest BCUT2D eigenvalue weighted by atomic mass is 15.1. The molecule has 0 saturated carbocycles. The number of rotatable bonds is 7. The van der Waals surface area contributed by atoms with Crippen LogP contribution in [0.4, 0.5) is 17.1 Å². The van der Waals surface area contributed by atoms with E-state index in [4.69, 9.17) is 9.60 Å². The second kappa shape index (κ2) is 14.0. The molecule has 10 aromatic rings. The SMILES string of the molecule is [2H]c1c([2H])c(N(c2ccccc2)c2ccc(-c3ccc4c(c3)c(-c3ccccc3)c(-c3ccccc3)c3ccccc34)cc2)c([2H])c([2H])c1-c1c([2H])c([2H])c([2H])c2c([2H])c([2H])c([2H])c([2H])c12. The Balaban J connectivity index is 1.15. The van der Waals surface area contributed by atoms with E-state index >= 15 is 0 Å². The Morgan fingerprint density at radius 2 is 0.855 bits per heavy atom. The van der Waals surface area contributed by atoms with Crippen LogP contribution in [0.15, 0.2) is 224 Å². The van der Waals surface area contributed by atoms with Crippen LogP contribution in [0.2, 0.25) is 0 Å². The van der Waals surface area contributed by atoms with E-state index in [-0.39, 0.29) is 22.0 Å². The van der Waals surface area contributed by atoms with Gasteiger partial charge in [-0.2, -0.15) is 0 Å². The molecule has 0 fully saturated rings. The van der Waals surface area contributed by atoms with Crippen molar-refractivity contribution in [3.05, 3.63) is 224 Å². The second-order valence-electron chi connectivity index (χ2n) is 13.2. The normalized spacial score (nSPS) is 14.1. The zero-order chi connectivity index (χ0) is 46.1. The fraction of sp³-hybridized carbons (Fsp3) is 0. The first-order valence-electron chi connectivity index (χ1n) is 23.5. The molecule has 0 unspecified atom stereocenters. The molecule has 0 aliphatic heterocycles. The fourth-order valence-electron chi connectivity index (χ4n) is 7.51. The molecular weight excluding hydrogens is 663 g/mol. The number of para-hydroxylation sites is 1. The lowest BCUT2D eigenvalue weighted by atomic mass is 9.84. The van der Waals surface area contributed by atoms with E-state index < -0.39 is 72.0 Å². The predicted molar refractivity (Wildman–Crippen MR) is 235 cm³/mol. The van der Waals surface area contributed by atoms with E-state index in [1.165, 1.54) is 0 Å². The van der Waals surface area contributed by atoms with Crippen LogP contribution in [0.25, 0.3) is 76.8 Å². The van der Waals surface area contributed by atoms with Gasteiger partial charge in [-0.1, -0.05) is 182 Å². The summed E-state index contributed by atoms with van der Waals surface area (Å²) in [5.41, 5.74) is 6.56. The van der Waals surface area contributed by atoms with Gasteiger partial charge in [-0.3, -0.25) is 0 Å². The lowest BCUT2D eigenvalue weighted by Gasteiger charge is -2.26. The van der Waals surface area contributed by atoms with E-state index in [9.17, 15) is 5.48 Å². The van der Waals surface area contributed by atoms with Gasteiger partial charge in [-0.15, -0.1) is 0 Å². The number of nitrogens with zero attached hydrogens (tertiary/aromatic N) is 1. The summed E-state index contributed by atoms with van der Waals surface area (Å²) >= 11 is 0. The first kappa shape index (κ1) is 22.8. The maximum absolute atomic E-state index is 9.45. The number of fused-ring (bicyclic) bond motifs is 4. The van der Waals surface area contributed by atoms with Gasteiger partial charge in [0, 0.05) is 17.1 Å².